The van der Waals surface area contributed by atoms with E-state index in [1.54, 1.807) is 30.3 Å². The van der Waals surface area contributed by atoms with Crippen molar-refractivity contribution in [2.45, 2.75) is 6.42 Å². The zero-order valence-corrected chi connectivity index (χ0v) is 12.3. The van der Waals surface area contributed by atoms with Crippen molar-refractivity contribution in [1.29, 1.82) is 0 Å². The van der Waals surface area contributed by atoms with E-state index in [0.717, 1.165) is 10.0 Å². The zero-order valence-electron chi connectivity index (χ0n) is 9.99. The molecule has 19 heavy (non-hydrogen) atoms. The minimum atomic E-state index is -0.0982. The van der Waals surface area contributed by atoms with Gasteiger partial charge in [-0.1, -0.05) is 23.7 Å². The lowest BCUT2D eigenvalue weighted by Gasteiger charge is -2.07. The van der Waals surface area contributed by atoms with Gasteiger partial charge in [0.25, 0.3) is 0 Å². The van der Waals surface area contributed by atoms with Crippen molar-refractivity contribution in [3.63, 3.8) is 0 Å². The predicted octanol–water partition coefficient (Wildman–Crippen LogP) is 3.87. The lowest BCUT2D eigenvalue weighted by atomic mass is 10.1. The number of carbonyl (C=O) groups excluding carboxylic acids is 1. The average Bonchev–Trinajstić information content (AvgIpc) is 2.34. The molecule has 0 aliphatic carbocycles. The standard InChI is InChI=1S/C14H12BrClN2O/c15-12-8-11(4-5-13(12)17)18-14(19)7-9-2-1-3-10(16)6-9/h1-6,8H,7,17H2,(H,18,19). The number of amides is 1. The van der Waals surface area contributed by atoms with E-state index < -0.39 is 0 Å². The smallest absolute Gasteiger partial charge is 0.228 e. The lowest BCUT2D eigenvalue weighted by molar-refractivity contribution is -0.115. The number of carbonyl (C=O) groups is 1. The van der Waals surface area contributed by atoms with Crippen LogP contribution in [0.15, 0.2) is 46.9 Å². The molecule has 2 aromatic rings. The van der Waals surface area contributed by atoms with Gasteiger partial charge in [-0.05, 0) is 51.8 Å². The molecule has 0 aromatic heterocycles. The van der Waals surface area contributed by atoms with Crippen molar-refractivity contribution < 1.29 is 4.79 Å². The van der Waals surface area contributed by atoms with E-state index in [9.17, 15) is 4.79 Å². The molecule has 3 nitrogen and oxygen atoms in total. The molecule has 0 saturated heterocycles. The number of nitrogen functional groups attached to an aromatic ring is 1. The number of nitrogens with two attached hydrogens (primary N) is 1. The van der Waals surface area contributed by atoms with Gasteiger partial charge in [-0.25, -0.2) is 0 Å². The summed E-state index contributed by atoms with van der Waals surface area (Å²) in [5.74, 6) is -0.0982. The number of anilines is 2. The Morgan fingerprint density at radius 3 is 2.74 bits per heavy atom. The van der Waals surface area contributed by atoms with Crippen LogP contribution in [0.1, 0.15) is 5.56 Å². The van der Waals surface area contributed by atoms with Gasteiger partial charge in [-0.3, -0.25) is 4.79 Å². The summed E-state index contributed by atoms with van der Waals surface area (Å²) in [5, 5.41) is 3.44. The first-order valence-electron chi connectivity index (χ1n) is 5.64. The van der Waals surface area contributed by atoms with Crippen LogP contribution in [0.2, 0.25) is 5.02 Å². The minimum Gasteiger partial charge on any atom is -0.398 e. The van der Waals surface area contributed by atoms with Crippen LogP contribution in [0, 0.1) is 0 Å². The van der Waals surface area contributed by atoms with E-state index in [0.29, 0.717) is 16.4 Å². The Bertz CT molecular complexity index is 616. The number of rotatable bonds is 3. The molecule has 5 heteroatoms. The van der Waals surface area contributed by atoms with Gasteiger partial charge >= 0.3 is 0 Å². The molecule has 0 fully saturated rings. The first-order chi connectivity index (χ1) is 9.04. The maximum atomic E-state index is 11.9. The summed E-state index contributed by atoms with van der Waals surface area (Å²) >= 11 is 9.19. The molecule has 0 unspecified atom stereocenters. The Labute approximate surface area is 124 Å². The number of hydrogen-bond acceptors (Lipinski definition) is 2. The Kier molecular flexibility index (Phi) is 4.45. The number of halogens is 2. The average molecular weight is 340 g/mol. The Balaban J connectivity index is 2.03. The summed E-state index contributed by atoms with van der Waals surface area (Å²) in [7, 11) is 0. The van der Waals surface area contributed by atoms with Gasteiger partial charge < -0.3 is 11.1 Å². The topological polar surface area (TPSA) is 55.1 Å². The summed E-state index contributed by atoms with van der Waals surface area (Å²) in [4.78, 5) is 11.9. The molecule has 3 N–H and O–H groups in total. The molecule has 1 amide bonds. The summed E-state index contributed by atoms with van der Waals surface area (Å²) in [6.07, 6.45) is 0.280. The van der Waals surface area contributed by atoms with Crippen LogP contribution in [0.5, 0.6) is 0 Å². The van der Waals surface area contributed by atoms with E-state index in [2.05, 4.69) is 21.2 Å². The molecule has 0 atom stereocenters. The number of benzene rings is 2. The molecule has 2 rings (SSSR count). The van der Waals surface area contributed by atoms with Gasteiger partial charge in [-0.15, -0.1) is 0 Å². The van der Waals surface area contributed by atoms with Crippen LogP contribution in [0.25, 0.3) is 0 Å². The van der Waals surface area contributed by atoms with Crippen LogP contribution in [-0.2, 0) is 11.2 Å². The molecule has 0 radical (unpaired) electrons. The van der Waals surface area contributed by atoms with Crippen molar-refractivity contribution in [3.05, 3.63) is 57.5 Å². The quantitative estimate of drug-likeness (QED) is 0.834. The van der Waals surface area contributed by atoms with Gasteiger partial charge in [0.05, 0.1) is 6.42 Å². The van der Waals surface area contributed by atoms with Crippen LogP contribution in [0.3, 0.4) is 0 Å². The summed E-state index contributed by atoms with van der Waals surface area (Å²) in [5.41, 5.74) is 7.89. The fourth-order valence-electron chi connectivity index (χ4n) is 1.64. The SMILES string of the molecule is Nc1ccc(NC(=O)Cc2cccc(Cl)c2)cc1Br. The summed E-state index contributed by atoms with van der Waals surface area (Å²) in [6.45, 7) is 0. The maximum Gasteiger partial charge on any atom is 0.228 e. The number of hydrogen-bond donors (Lipinski definition) is 2. The molecule has 0 heterocycles. The van der Waals surface area contributed by atoms with Crippen molar-refractivity contribution in [3.8, 4) is 0 Å². The molecule has 0 saturated carbocycles. The monoisotopic (exact) mass is 338 g/mol. The Morgan fingerprint density at radius 2 is 2.05 bits per heavy atom. The normalized spacial score (nSPS) is 10.2. The number of nitrogens with one attached hydrogen (secondary N) is 1. The minimum absolute atomic E-state index is 0.0982. The van der Waals surface area contributed by atoms with Gasteiger partial charge in [0.1, 0.15) is 0 Å². The molecule has 0 bridgehead atoms. The predicted molar refractivity (Wildman–Crippen MR) is 82.3 cm³/mol. The van der Waals surface area contributed by atoms with Crippen LogP contribution in [0.4, 0.5) is 11.4 Å². The van der Waals surface area contributed by atoms with Crippen molar-refractivity contribution in [1.82, 2.24) is 0 Å². The van der Waals surface area contributed by atoms with Crippen LogP contribution < -0.4 is 11.1 Å². The largest absolute Gasteiger partial charge is 0.398 e. The third kappa shape index (κ3) is 3.98. The molecular weight excluding hydrogens is 328 g/mol. The first kappa shape index (κ1) is 13.9. The van der Waals surface area contributed by atoms with E-state index in [1.807, 2.05) is 12.1 Å². The van der Waals surface area contributed by atoms with E-state index in [4.69, 9.17) is 17.3 Å². The van der Waals surface area contributed by atoms with Crippen molar-refractivity contribution in [2.75, 3.05) is 11.1 Å². The molecular formula is C14H12BrClN2O. The van der Waals surface area contributed by atoms with Crippen molar-refractivity contribution in [2.24, 2.45) is 0 Å². The highest BCUT2D eigenvalue weighted by atomic mass is 79.9. The van der Waals surface area contributed by atoms with Crippen LogP contribution >= 0.6 is 27.5 Å². The van der Waals surface area contributed by atoms with Crippen molar-refractivity contribution >= 4 is 44.8 Å². The second-order valence-electron chi connectivity index (χ2n) is 4.09. The van der Waals surface area contributed by atoms with Gasteiger partial charge in [-0.2, -0.15) is 0 Å². The summed E-state index contributed by atoms with van der Waals surface area (Å²) in [6, 6.07) is 12.5. The Hall–Kier alpha value is -1.52. The van der Waals surface area contributed by atoms with E-state index >= 15 is 0 Å². The third-order valence-corrected chi connectivity index (χ3v) is 3.46. The van der Waals surface area contributed by atoms with E-state index in [1.165, 1.54) is 0 Å². The second-order valence-corrected chi connectivity index (χ2v) is 5.38. The molecule has 0 spiro atoms. The maximum absolute atomic E-state index is 11.9. The molecule has 98 valence electrons. The zero-order chi connectivity index (χ0) is 13.8. The highest BCUT2D eigenvalue weighted by Crippen LogP contribution is 2.23. The fraction of sp³-hybridized carbons (Fsp3) is 0.0714. The van der Waals surface area contributed by atoms with Gasteiger partial charge in [0.15, 0.2) is 0 Å². The molecule has 0 aliphatic heterocycles. The third-order valence-electron chi connectivity index (χ3n) is 2.54. The van der Waals surface area contributed by atoms with Crippen LogP contribution in [-0.4, -0.2) is 5.91 Å². The van der Waals surface area contributed by atoms with E-state index in [-0.39, 0.29) is 12.3 Å². The lowest BCUT2D eigenvalue weighted by Crippen LogP contribution is -2.14. The highest BCUT2D eigenvalue weighted by molar-refractivity contribution is 9.10. The Morgan fingerprint density at radius 1 is 1.26 bits per heavy atom. The highest BCUT2D eigenvalue weighted by Gasteiger charge is 2.05. The first-order valence-corrected chi connectivity index (χ1v) is 6.81. The second kappa shape index (κ2) is 6.08. The fourth-order valence-corrected chi connectivity index (χ4v) is 2.23. The summed E-state index contributed by atoms with van der Waals surface area (Å²) < 4.78 is 0.757. The van der Waals surface area contributed by atoms with Gasteiger partial charge in [0.2, 0.25) is 5.91 Å². The molecule has 2 aromatic carbocycles. The molecule has 0 aliphatic rings. The van der Waals surface area contributed by atoms with Gasteiger partial charge in [0, 0.05) is 20.9 Å².